The second-order valence-corrected chi connectivity index (χ2v) is 4.17. The molecule has 2 aromatic rings. The number of hydrazine groups is 1. The van der Waals surface area contributed by atoms with Crippen LogP contribution >= 0.6 is 0 Å². The van der Waals surface area contributed by atoms with E-state index in [0.717, 1.165) is 6.42 Å². The van der Waals surface area contributed by atoms with Gasteiger partial charge in [0.2, 0.25) is 0 Å². The highest BCUT2D eigenvalue weighted by molar-refractivity contribution is 5.83. The van der Waals surface area contributed by atoms with Crippen LogP contribution < -0.4 is 11.0 Å². The molecule has 0 atom stereocenters. The lowest BCUT2D eigenvalue weighted by molar-refractivity contribution is -0.326. The molecule has 0 amide bonds. The first kappa shape index (κ1) is 21.7. The molecule has 6 heteroatoms. The highest BCUT2D eigenvalue weighted by Gasteiger charge is 1.94. The van der Waals surface area contributed by atoms with Crippen LogP contribution in [0.4, 0.5) is 0 Å². The molecule has 6 nitrogen and oxygen atoms in total. The van der Waals surface area contributed by atoms with Crippen molar-refractivity contribution < 1.29 is 19.5 Å². The van der Waals surface area contributed by atoms with Crippen LogP contribution in [0.2, 0.25) is 0 Å². The molecule has 0 saturated carbocycles. The number of fused-ring (bicyclic) bond motifs is 1. The van der Waals surface area contributed by atoms with E-state index in [4.69, 9.17) is 9.59 Å². The number of nitrogens with one attached hydrogen (secondary N) is 2. The molecule has 0 aliphatic heterocycles. The molecule has 0 fully saturated rings. The first-order valence-corrected chi connectivity index (χ1v) is 7.61. The molecular formula is C18H24N2O4. The highest BCUT2D eigenvalue weighted by atomic mass is 17.3. The van der Waals surface area contributed by atoms with Crippen molar-refractivity contribution in [3.8, 4) is 0 Å². The molecule has 0 radical (unpaired) electrons. The Hall–Kier alpha value is -2.34. The minimum atomic E-state index is 0.250. The van der Waals surface area contributed by atoms with E-state index in [1.165, 1.54) is 23.4 Å². The molecular weight excluding hydrogens is 308 g/mol. The standard InChI is InChI=1S/C15H18N2O2.C2H6.CO2/c1-18-19-17-16-11-5-4-6-13-9-10-14-7-2-3-8-15(14)12-13;1-2;2-1-3/h2-5,7-10,12,16-17H,6,11H2,1H3;1-2H3;/b5-4-;;. The molecule has 24 heavy (non-hydrogen) atoms. The van der Waals surface area contributed by atoms with E-state index >= 15 is 0 Å². The Morgan fingerprint density at radius 1 is 1.04 bits per heavy atom. The summed E-state index contributed by atoms with van der Waals surface area (Å²) in [5.74, 6) is 0. The van der Waals surface area contributed by atoms with Crippen LogP contribution in [0.15, 0.2) is 54.6 Å². The summed E-state index contributed by atoms with van der Waals surface area (Å²) in [4.78, 5) is 25.1. The molecule has 2 N–H and O–H groups in total. The van der Waals surface area contributed by atoms with Crippen molar-refractivity contribution in [2.24, 2.45) is 0 Å². The number of rotatable bonds is 7. The van der Waals surface area contributed by atoms with Crippen LogP contribution in [0.1, 0.15) is 19.4 Å². The summed E-state index contributed by atoms with van der Waals surface area (Å²) >= 11 is 0. The maximum atomic E-state index is 8.12. The molecule has 0 aromatic heterocycles. The fourth-order valence-electron chi connectivity index (χ4n) is 1.84. The van der Waals surface area contributed by atoms with E-state index in [2.05, 4.69) is 69.4 Å². The summed E-state index contributed by atoms with van der Waals surface area (Å²) < 4.78 is 0. The van der Waals surface area contributed by atoms with E-state index in [0.29, 0.717) is 6.54 Å². The normalized spacial score (nSPS) is 9.62. The molecule has 0 aliphatic rings. The Bertz CT molecular complexity index is 623. The summed E-state index contributed by atoms with van der Waals surface area (Å²) in [5.41, 5.74) is 6.55. The predicted octanol–water partition coefficient (Wildman–Crippen LogP) is 2.97. The first-order valence-electron chi connectivity index (χ1n) is 7.61. The number of hydrogen-bond donors (Lipinski definition) is 2. The Balaban J connectivity index is 0.000000952. The fraction of sp³-hybridized carbons (Fsp3) is 0.278. The highest BCUT2D eigenvalue weighted by Crippen LogP contribution is 2.15. The molecule has 130 valence electrons. The minimum Gasteiger partial charge on any atom is -0.228 e. The zero-order chi connectivity index (χ0) is 18.0. The number of benzene rings is 2. The van der Waals surface area contributed by atoms with Crippen LogP contribution in [0.5, 0.6) is 0 Å². The Kier molecular flexibility index (Phi) is 14.0. The van der Waals surface area contributed by atoms with Gasteiger partial charge in [-0.2, -0.15) is 9.59 Å². The third kappa shape index (κ3) is 9.63. The average molecular weight is 332 g/mol. The number of allylic oxidation sites excluding steroid dienone is 1. The quantitative estimate of drug-likeness (QED) is 0.351. The maximum absolute atomic E-state index is 8.12. The van der Waals surface area contributed by atoms with E-state index < -0.39 is 0 Å². The average Bonchev–Trinajstić information content (AvgIpc) is 2.63. The second-order valence-electron chi connectivity index (χ2n) is 4.17. The molecule has 2 rings (SSSR count). The summed E-state index contributed by atoms with van der Waals surface area (Å²) in [6.45, 7) is 4.66. The van der Waals surface area contributed by atoms with Gasteiger partial charge in [0.1, 0.15) is 0 Å². The van der Waals surface area contributed by atoms with Gasteiger partial charge in [-0.15, -0.1) is 10.6 Å². The van der Waals surface area contributed by atoms with Crippen LogP contribution in [-0.4, -0.2) is 19.8 Å². The van der Waals surface area contributed by atoms with Gasteiger partial charge >= 0.3 is 6.15 Å². The third-order valence-electron chi connectivity index (χ3n) is 2.75. The topological polar surface area (TPSA) is 76.7 Å². The van der Waals surface area contributed by atoms with Gasteiger partial charge in [-0.1, -0.05) is 68.5 Å². The van der Waals surface area contributed by atoms with E-state index in [-0.39, 0.29) is 6.15 Å². The second kappa shape index (κ2) is 15.6. The predicted molar refractivity (Wildman–Crippen MR) is 92.4 cm³/mol. The SMILES string of the molecule is CC.COONNC/C=C\Cc1ccc2ccccc2c1.O=C=O. The van der Waals surface area contributed by atoms with Gasteiger partial charge in [-0.3, -0.25) is 0 Å². The van der Waals surface area contributed by atoms with Crippen molar-refractivity contribution in [1.29, 1.82) is 0 Å². The van der Waals surface area contributed by atoms with E-state index in [1.54, 1.807) is 0 Å². The van der Waals surface area contributed by atoms with E-state index in [1.807, 2.05) is 19.9 Å². The largest absolute Gasteiger partial charge is 0.373 e. The number of hydrogen-bond acceptors (Lipinski definition) is 6. The van der Waals surface area contributed by atoms with Crippen molar-refractivity contribution in [1.82, 2.24) is 11.0 Å². The fourth-order valence-corrected chi connectivity index (χ4v) is 1.84. The summed E-state index contributed by atoms with van der Waals surface area (Å²) in [6.07, 6.45) is 5.31. The Morgan fingerprint density at radius 2 is 1.71 bits per heavy atom. The van der Waals surface area contributed by atoms with Crippen molar-refractivity contribution in [2.75, 3.05) is 13.7 Å². The molecule has 0 spiro atoms. The van der Waals surface area contributed by atoms with Crippen LogP contribution in [0.3, 0.4) is 0 Å². The third-order valence-corrected chi connectivity index (χ3v) is 2.75. The zero-order valence-electron chi connectivity index (χ0n) is 14.2. The molecule has 0 heterocycles. The first-order chi connectivity index (χ1) is 11.8. The Morgan fingerprint density at radius 3 is 2.38 bits per heavy atom. The van der Waals surface area contributed by atoms with Gasteiger partial charge in [0.25, 0.3) is 0 Å². The molecule has 0 bridgehead atoms. The minimum absolute atomic E-state index is 0.250. The van der Waals surface area contributed by atoms with Crippen molar-refractivity contribution in [3.05, 3.63) is 60.2 Å². The molecule has 0 saturated heterocycles. The lowest BCUT2D eigenvalue weighted by Gasteiger charge is -2.02. The Labute approximate surface area is 142 Å². The van der Waals surface area contributed by atoms with Gasteiger partial charge < -0.3 is 0 Å². The summed E-state index contributed by atoms with van der Waals surface area (Å²) in [5, 5.41) is 2.56. The lowest BCUT2D eigenvalue weighted by atomic mass is 10.1. The monoisotopic (exact) mass is 332 g/mol. The number of carbonyl (C=O) groups excluding carboxylic acids is 2. The van der Waals surface area contributed by atoms with Gasteiger partial charge in [-0.05, 0) is 22.8 Å². The van der Waals surface area contributed by atoms with Crippen LogP contribution in [0, 0.1) is 0 Å². The van der Waals surface area contributed by atoms with Crippen molar-refractivity contribution in [3.63, 3.8) is 0 Å². The van der Waals surface area contributed by atoms with Crippen molar-refractivity contribution in [2.45, 2.75) is 20.3 Å². The molecule has 2 aromatic carbocycles. The van der Waals surface area contributed by atoms with Crippen molar-refractivity contribution >= 4 is 16.9 Å². The zero-order valence-corrected chi connectivity index (χ0v) is 14.2. The molecule has 0 aliphatic carbocycles. The van der Waals surface area contributed by atoms with Crippen LogP contribution in [-0.2, 0) is 25.9 Å². The maximum Gasteiger partial charge on any atom is 0.373 e. The molecule has 0 unspecified atom stereocenters. The van der Waals surface area contributed by atoms with Gasteiger partial charge in [0, 0.05) is 6.54 Å². The van der Waals surface area contributed by atoms with Gasteiger partial charge in [0.15, 0.2) is 0 Å². The smallest absolute Gasteiger partial charge is 0.228 e. The van der Waals surface area contributed by atoms with Crippen LogP contribution in [0.25, 0.3) is 10.8 Å². The summed E-state index contributed by atoms with van der Waals surface area (Å²) in [7, 11) is 1.43. The van der Waals surface area contributed by atoms with Gasteiger partial charge in [0.05, 0.1) is 7.11 Å². The lowest BCUT2D eigenvalue weighted by Crippen LogP contribution is -2.31. The summed E-state index contributed by atoms with van der Waals surface area (Å²) in [6, 6.07) is 14.9. The van der Waals surface area contributed by atoms with E-state index in [9.17, 15) is 0 Å². The van der Waals surface area contributed by atoms with Gasteiger partial charge in [-0.25, -0.2) is 10.3 Å².